The average molecular weight is 313 g/mol. The van der Waals surface area contributed by atoms with Crippen LogP contribution in [0.25, 0.3) is 10.9 Å². The van der Waals surface area contributed by atoms with Gasteiger partial charge in [0.1, 0.15) is 5.75 Å². The molecule has 0 amide bonds. The number of halogens is 1. The van der Waals surface area contributed by atoms with Crippen LogP contribution < -0.4 is 4.74 Å². The first-order valence-corrected chi connectivity index (χ1v) is 7.63. The lowest BCUT2D eigenvalue weighted by molar-refractivity contribution is 0.303. The number of hydrogen-bond donors (Lipinski definition) is 1. The van der Waals surface area contributed by atoms with Crippen molar-refractivity contribution >= 4 is 28.7 Å². The first kappa shape index (κ1) is 14.7. The number of para-hydroxylation sites is 2. The molecule has 3 rings (SSSR count). The summed E-state index contributed by atoms with van der Waals surface area (Å²) in [6, 6.07) is 15.7. The summed E-state index contributed by atoms with van der Waals surface area (Å²) < 4.78 is 7.89. The molecule has 0 unspecified atom stereocenters. The van der Waals surface area contributed by atoms with Crippen molar-refractivity contribution in [1.29, 1.82) is 5.41 Å². The highest BCUT2D eigenvalue weighted by atomic mass is 35.5. The number of hydrogen-bond acceptors (Lipinski definition) is 2. The second-order valence-electron chi connectivity index (χ2n) is 5.07. The Morgan fingerprint density at radius 2 is 1.86 bits per heavy atom. The van der Waals surface area contributed by atoms with E-state index in [2.05, 4.69) is 10.6 Å². The summed E-state index contributed by atoms with van der Waals surface area (Å²) in [5.74, 6) is 0.724. The molecule has 4 heteroatoms. The van der Waals surface area contributed by atoms with Crippen LogP contribution in [0.5, 0.6) is 5.75 Å². The molecule has 2 aromatic carbocycles. The highest BCUT2D eigenvalue weighted by Crippen LogP contribution is 2.23. The van der Waals surface area contributed by atoms with Crippen molar-refractivity contribution in [3.8, 4) is 5.75 Å². The molecule has 1 heterocycles. The second kappa shape index (κ2) is 6.67. The molecule has 0 atom stereocenters. The van der Waals surface area contributed by atoms with Crippen LogP contribution in [0.15, 0.2) is 54.7 Å². The molecule has 0 aliphatic heterocycles. The van der Waals surface area contributed by atoms with Crippen molar-refractivity contribution < 1.29 is 4.74 Å². The molecule has 0 saturated heterocycles. The van der Waals surface area contributed by atoms with Gasteiger partial charge in [-0.2, -0.15) is 0 Å². The van der Waals surface area contributed by atoms with Gasteiger partial charge in [-0.1, -0.05) is 41.9 Å². The molecule has 0 radical (unpaired) electrons. The predicted molar refractivity (Wildman–Crippen MR) is 91.4 cm³/mol. The first-order chi connectivity index (χ1) is 10.8. The van der Waals surface area contributed by atoms with Gasteiger partial charge >= 0.3 is 0 Å². The van der Waals surface area contributed by atoms with Gasteiger partial charge in [0.2, 0.25) is 0 Å². The first-order valence-electron chi connectivity index (χ1n) is 7.25. The number of nitrogens with zero attached hydrogens (tertiary/aromatic N) is 1. The lowest BCUT2D eigenvalue weighted by Gasteiger charge is -2.09. The smallest absolute Gasteiger partial charge is 0.137 e. The summed E-state index contributed by atoms with van der Waals surface area (Å²) in [7, 11) is 0. The van der Waals surface area contributed by atoms with E-state index in [0.717, 1.165) is 35.2 Å². The molecule has 112 valence electrons. The fraction of sp³-hybridized carbons (Fsp3) is 0.167. The van der Waals surface area contributed by atoms with Gasteiger partial charge in [-0.15, -0.1) is 0 Å². The van der Waals surface area contributed by atoms with Crippen molar-refractivity contribution in [3.05, 3.63) is 65.3 Å². The Morgan fingerprint density at radius 1 is 1.09 bits per heavy atom. The van der Waals surface area contributed by atoms with Crippen LogP contribution in [-0.2, 0) is 6.54 Å². The Kier molecular flexibility index (Phi) is 4.45. The Bertz CT molecular complexity index is 795. The third-order valence-corrected chi connectivity index (χ3v) is 3.92. The lowest BCUT2D eigenvalue weighted by Crippen LogP contribution is -2.04. The molecule has 0 saturated carbocycles. The summed E-state index contributed by atoms with van der Waals surface area (Å²) in [5.41, 5.74) is 2.10. The zero-order valence-corrected chi connectivity index (χ0v) is 12.9. The van der Waals surface area contributed by atoms with Gasteiger partial charge in [-0.25, -0.2) is 0 Å². The number of aryl methyl sites for hydroxylation is 1. The van der Waals surface area contributed by atoms with Gasteiger partial charge in [0.25, 0.3) is 0 Å². The average Bonchev–Trinajstić information content (AvgIpc) is 2.91. The van der Waals surface area contributed by atoms with Gasteiger partial charge in [0.15, 0.2) is 0 Å². The number of rotatable bonds is 6. The molecule has 0 bridgehead atoms. The van der Waals surface area contributed by atoms with Crippen molar-refractivity contribution in [1.82, 2.24) is 4.57 Å². The summed E-state index contributed by atoms with van der Waals surface area (Å²) in [4.78, 5) is 0. The second-order valence-corrected chi connectivity index (χ2v) is 5.48. The molecule has 1 N–H and O–H groups in total. The minimum atomic E-state index is 0.607. The maximum Gasteiger partial charge on any atom is 0.137 e. The number of ether oxygens (including phenoxy) is 1. The molecule has 0 fully saturated rings. The molecule has 0 spiro atoms. The van der Waals surface area contributed by atoms with Gasteiger partial charge in [0.05, 0.1) is 11.6 Å². The zero-order chi connectivity index (χ0) is 15.4. The van der Waals surface area contributed by atoms with E-state index in [0.29, 0.717) is 11.6 Å². The van der Waals surface area contributed by atoms with E-state index in [1.165, 1.54) is 6.21 Å². The normalized spacial score (nSPS) is 10.8. The standard InChI is InChI=1S/C18H17ClN2O/c19-16-7-2-4-9-18(16)22-11-5-10-21-13-14(12-20)15-6-1-3-8-17(15)21/h1-4,6-9,12-13,20H,5,10-11H2. The van der Waals surface area contributed by atoms with Gasteiger partial charge in [0, 0.05) is 35.4 Å². The van der Waals surface area contributed by atoms with E-state index >= 15 is 0 Å². The van der Waals surface area contributed by atoms with E-state index in [9.17, 15) is 0 Å². The van der Waals surface area contributed by atoms with Crippen molar-refractivity contribution in [2.24, 2.45) is 0 Å². The molecule has 3 aromatic rings. The molecular formula is C18H17ClN2O. The van der Waals surface area contributed by atoms with Gasteiger partial charge < -0.3 is 14.7 Å². The molecule has 1 aromatic heterocycles. The molecule has 0 aliphatic rings. The maximum absolute atomic E-state index is 7.51. The van der Waals surface area contributed by atoms with Crippen LogP contribution in [0, 0.1) is 5.41 Å². The van der Waals surface area contributed by atoms with Crippen LogP contribution in [0.3, 0.4) is 0 Å². The third-order valence-electron chi connectivity index (χ3n) is 3.61. The van der Waals surface area contributed by atoms with Gasteiger partial charge in [-0.3, -0.25) is 0 Å². The maximum atomic E-state index is 7.51. The van der Waals surface area contributed by atoms with Crippen molar-refractivity contribution in [2.45, 2.75) is 13.0 Å². The Labute approximate surface area is 134 Å². The summed E-state index contributed by atoms with van der Waals surface area (Å²) in [6.07, 6.45) is 4.30. The molecule has 0 aliphatic carbocycles. The third kappa shape index (κ3) is 3.00. The van der Waals surface area contributed by atoms with E-state index in [4.69, 9.17) is 21.7 Å². The van der Waals surface area contributed by atoms with E-state index < -0.39 is 0 Å². The van der Waals surface area contributed by atoms with Crippen LogP contribution >= 0.6 is 11.6 Å². The fourth-order valence-corrected chi connectivity index (χ4v) is 2.74. The highest BCUT2D eigenvalue weighted by Gasteiger charge is 2.06. The van der Waals surface area contributed by atoms with Crippen molar-refractivity contribution in [2.75, 3.05) is 6.61 Å². The monoisotopic (exact) mass is 312 g/mol. The summed E-state index contributed by atoms with van der Waals surface area (Å²) in [5, 5.41) is 9.26. The molecule has 3 nitrogen and oxygen atoms in total. The minimum absolute atomic E-state index is 0.607. The lowest BCUT2D eigenvalue weighted by atomic mass is 10.2. The molecular weight excluding hydrogens is 296 g/mol. The van der Waals surface area contributed by atoms with E-state index in [1.54, 1.807) is 0 Å². The van der Waals surface area contributed by atoms with E-state index in [1.807, 2.05) is 48.7 Å². The SMILES string of the molecule is N=Cc1cn(CCCOc2ccccc2Cl)c2ccccc12. The Hall–Kier alpha value is -2.26. The number of aromatic nitrogens is 1. The quantitative estimate of drug-likeness (QED) is 0.517. The fourth-order valence-electron chi connectivity index (χ4n) is 2.55. The number of fused-ring (bicyclic) bond motifs is 1. The zero-order valence-electron chi connectivity index (χ0n) is 12.1. The van der Waals surface area contributed by atoms with E-state index in [-0.39, 0.29) is 0 Å². The van der Waals surface area contributed by atoms with Crippen molar-refractivity contribution in [3.63, 3.8) is 0 Å². The van der Waals surface area contributed by atoms with Crippen LogP contribution in [0.1, 0.15) is 12.0 Å². The van der Waals surface area contributed by atoms with Gasteiger partial charge in [-0.05, 0) is 24.6 Å². The molecule has 22 heavy (non-hydrogen) atoms. The van der Waals surface area contributed by atoms with Crippen LogP contribution in [0.4, 0.5) is 0 Å². The minimum Gasteiger partial charge on any atom is -0.492 e. The van der Waals surface area contributed by atoms with Crippen LogP contribution in [-0.4, -0.2) is 17.4 Å². The Balaban J connectivity index is 1.65. The largest absolute Gasteiger partial charge is 0.492 e. The summed E-state index contributed by atoms with van der Waals surface area (Å²) >= 11 is 6.07. The predicted octanol–water partition coefficient (Wildman–Crippen LogP) is 4.76. The Morgan fingerprint density at radius 3 is 2.68 bits per heavy atom. The number of nitrogens with one attached hydrogen (secondary N) is 1. The van der Waals surface area contributed by atoms with Crippen LogP contribution in [0.2, 0.25) is 5.02 Å². The topological polar surface area (TPSA) is 38.0 Å². The number of benzene rings is 2. The highest BCUT2D eigenvalue weighted by molar-refractivity contribution is 6.32. The summed E-state index contributed by atoms with van der Waals surface area (Å²) in [6.45, 7) is 1.45.